The van der Waals surface area contributed by atoms with Gasteiger partial charge in [0.1, 0.15) is 13.2 Å². The van der Waals surface area contributed by atoms with Gasteiger partial charge in [-0.25, -0.2) is 0 Å². The second kappa shape index (κ2) is 45.4. The standard InChI is InChI=1S/C54H104O6/c1-7-50(6)42-36-30-24-17-12-10-8-9-11-13-18-25-31-37-43-52(55)58-46-51(47-59-53(56)44-38-32-26-21-20-23-29-35-41-49(4)5)60-54(57)45-39-33-27-19-15-14-16-22-28-34-40-48(2)3/h48-51H,7-47H2,1-6H3/t50?,51-/m1/s1. The Labute approximate surface area is 374 Å². The minimum Gasteiger partial charge on any atom is -0.462 e. The first-order chi connectivity index (χ1) is 29.1. The molecule has 2 atom stereocenters. The number of ether oxygens (including phenoxy) is 3. The lowest BCUT2D eigenvalue weighted by atomic mass is 9.99. The summed E-state index contributed by atoms with van der Waals surface area (Å²) in [5.74, 6) is 1.66. The Morgan fingerprint density at radius 1 is 0.333 bits per heavy atom. The average Bonchev–Trinajstić information content (AvgIpc) is 3.22. The van der Waals surface area contributed by atoms with E-state index in [4.69, 9.17) is 14.2 Å². The van der Waals surface area contributed by atoms with Gasteiger partial charge in [0.25, 0.3) is 0 Å². The molecule has 0 saturated heterocycles. The highest BCUT2D eigenvalue weighted by atomic mass is 16.6. The average molecular weight is 849 g/mol. The summed E-state index contributed by atoms with van der Waals surface area (Å²) in [4.78, 5) is 38.0. The minimum atomic E-state index is -0.763. The molecular formula is C54H104O6. The maximum atomic E-state index is 12.8. The third-order valence-electron chi connectivity index (χ3n) is 12.5. The Kier molecular flexibility index (Phi) is 44.2. The van der Waals surface area contributed by atoms with E-state index in [9.17, 15) is 14.4 Å². The number of rotatable bonds is 47. The maximum Gasteiger partial charge on any atom is 0.306 e. The quantitative estimate of drug-likeness (QED) is 0.0345. The third-order valence-corrected chi connectivity index (χ3v) is 12.5. The van der Waals surface area contributed by atoms with Gasteiger partial charge in [-0.3, -0.25) is 14.4 Å². The molecule has 0 aliphatic heterocycles. The van der Waals surface area contributed by atoms with E-state index in [0.717, 1.165) is 75.5 Å². The highest BCUT2D eigenvalue weighted by molar-refractivity contribution is 5.71. The van der Waals surface area contributed by atoms with Crippen molar-refractivity contribution >= 4 is 17.9 Å². The van der Waals surface area contributed by atoms with Crippen LogP contribution in [-0.4, -0.2) is 37.2 Å². The van der Waals surface area contributed by atoms with Gasteiger partial charge in [0.15, 0.2) is 6.10 Å². The first-order valence-corrected chi connectivity index (χ1v) is 26.6. The zero-order valence-electron chi connectivity index (χ0n) is 41.3. The molecule has 6 heteroatoms. The summed E-state index contributed by atoms with van der Waals surface area (Å²) in [7, 11) is 0. The van der Waals surface area contributed by atoms with Crippen molar-refractivity contribution in [3.63, 3.8) is 0 Å². The van der Waals surface area contributed by atoms with E-state index in [-0.39, 0.29) is 31.1 Å². The zero-order valence-corrected chi connectivity index (χ0v) is 41.3. The van der Waals surface area contributed by atoms with Crippen LogP contribution in [0.2, 0.25) is 0 Å². The van der Waals surface area contributed by atoms with Crippen LogP contribution in [0, 0.1) is 17.8 Å². The zero-order chi connectivity index (χ0) is 44.2. The number of hydrogen-bond acceptors (Lipinski definition) is 6. The van der Waals surface area contributed by atoms with Gasteiger partial charge >= 0.3 is 17.9 Å². The molecule has 0 aromatic rings. The van der Waals surface area contributed by atoms with Gasteiger partial charge in [-0.1, -0.05) is 253 Å². The van der Waals surface area contributed by atoms with Gasteiger partial charge in [0.2, 0.25) is 0 Å². The molecule has 0 rings (SSSR count). The van der Waals surface area contributed by atoms with Crippen molar-refractivity contribution in [1.29, 1.82) is 0 Å². The highest BCUT2D eigenvalue weighted by Crippen LogP contribution is 2.18. The van der Waals surface area contributed by atoms with Gasteiger partial charge in [-0.05, 0) is 37.0 Å². The van der Waals surface area contributed by atoms with E-state index in [2.05, 4.69) is 41.5 Å². The van der Waals surface area contributed by atoms with Gasteiger partial charge < -0.3 is 14.2 Å². The predicted octanol–water partition coefficient (Wildman–Crippen LogP) is 17.2. The molecule has 0 fully saturated rings. The molecule has 0 N–H and O–H groups in total. The fraction of sp³-hybridized carbons (Fsp3) is 0.944. The fourth-order valence-corrected chi connectivity index (χ4v) is 8.08. The molecule has 0 aliphatic carbocycles. The molecule has 356 valence electrons. The predicted molar refractivity (Wildman–Crippen MR) is 256 cm³/mol. The number of unbranched alkanes of at least 4 members (excludes halogenated alkanes) is 29. The second-order valence-electron chi connectivity index (χ2n) is 19.7. The Hall–Kier alpha value is -1.59. The largest absolute Gasteiger partial charge is 0.462 e. The van der Waals surface area contributed by atoms with Gasteiger partial charge in [0.05, 0.1) is 0 Å². The van der Waals surface area contributed by atoms with E-state index in [0.29, 0.717) is 19.3 Å². The molecule has 0 saturated carbocycles. The van der Waals surface area contributed by atoms with E-state index < -0.39 is 6.10 Å². The summed E-state index contributed by atoms with van der Waals surface area (Å²) in [5, 5.41) is 0. The number of carbonyl (C=O) groups is 3. The van der Waals surface area contributed by atoms with Crippen molar-refractivity contribution in [2.24, 2.45) is 17.8 Å². The van der Waals surface area contributed by atoms with Crippen LogP contribution < -0.4 is 0 Å². The van der Waals surface area contributed by atoms with Crippen molar-refractivity contribution in [3.8, 4) is 0 Å². The van der Waals surface area contributed by atoms with Crippen molar-refractivity contribution in [1.82, 2.24) is 0 Å². The number of hydrogen-bond donors (Lipinski definition) is 0. The van der Waals surface area contributed by atoms with Crippen molar-refractivity contribution in [2.75, 3.05) is 13.2 Å². The third kappa shape index (κ3) is 45.9. The minimum absolute atomic E-state index is 0.0648. The lowest BCUT2D eigenvalue weighted by molar-refractivity contribution is -0.167. The topological polar surface area (TPSA) is 78.9 Å². The van der Waals surface area contributed by atoms with Crippen LogP contribution >= 0.6 is 0 Å². The lowest BCUT2D eigenvalue weighted by Crippen LogP contribution is -2.30. The van der Waals surface area contributed by atoms with Gasteiger partial charge in [-0.2, -0.15) is 0 Å². The summed E-state index contributed by atoms with van der Waals surface area (Å²) in [6.07, 6.45) is 45.2. The molecule has 0 aromatic carbocycles. The molecule has 1 unspecified atom stereocenters. The molecule has 0 heterocycles. The molecule has 0 aliphatic rings. The van der Waals surface area contributed by atoms with Crippen molar-refractivity contribution in [3.05, 3.63) is 0 Å². The summed E-state index contributed by atoms with van der Waals surface area (Å²) >= 11 is 0. The fourth-order valence-electron chi connectivity index (χ4n) is 8.08. The molecular weight excluding hydrogens is 745 g/mol. The Morgan fingerprint density at radius 2 is 0.583 bits per heavy atom. The lowest BCUT2D eigenvalue weighted by Gasteiger charge is -2.18. The molecule has 0 amide bonds. The summed E-state index contributed by atoms with van der Waals surface area (Å²) in [5.41, 5.74) is 0. The number of esters is 3. The van der Waals surface area contributed by atoms with Crippen molar-refractivity contribution < 1.29 is 28.6 Å². The first kappa shape index (κ1) is 58.4. The van der Waals surface area contributed by atoms with E-state index >= 15 is 0 Å². The van der Waals surface area contributed by atoms with Crippen LogP contribution in [-0.2, 0) is 28.6 Å². The maximum absolute atomic E-state index is 12.8. The van der Waals surface area contributed by atoms with E-state index in [1.807, 2.05) is 0 Å². The SMILES string of the molecule is CCC(C)CCCCCCCCCCCCCCCCC(=O)OC[C@H](COC(=O)CCCCCCCCCCC(C)C)OC(=O)CCCCCCCCCCCCC(C)C. The first-order valence-electron chi connectivity index (χ1n) is 26.6. The van der Waals surface area contributed by atoms with E-state index in [1.54, 1.807) is 0 Å². The smallest absolute Gasteiger partial charge is 0.306 e. The molecule has 0 spiro atoms. The van der Waals surface area contributed by atoms with Crippen LogP contribution in [0.5, 0.6) is 0 Å². The Balaban J connectivity index is 4.28. The summed E-state index contributed by atoms with van der Waals surface area (Å²) < 4.78 is 16.8. The summed E-state index contributed by atoms with van der Waals surface area (Å²) in [6, 6.07) is 0. The monoisotopic (exact) mass is 849 g/mol. The van der Waals surface area contributed by atoms with Crippen LogP contribution in [0.4, 0.5) is 0 Å². The molecule has 0 bridgehead atoms. The Bertz CT molecular complexity index is 931. The van der Waals surface area contributed by atoms with Crippen LogP contribution in [0.1, 0.15) is 292 Å². The number of carbonyl (C=O) groups excluding carboxylic acids is 3. The van der Waals surface area contributed by atoms with E-state index in [1.165, 1.54) is 173 Å². The van der Waals surface area contributed by atoms with Crippen LogP contribution in [0.25, 0.3) is 0 Å². The molecule has 60 heavy (non-hydrogen) atoms. The normalized spacial score (nSPS) is 12.6. The summed E-state index contributed by atoms with van der Waals surface area (Å²) in [6.45, 7) is 13.7. The van der Waals surface area contributed by atoms with Crippen molar-refractivity contribution in [2.45, 2.75) is 298 Å². The highest BCUT2D eigenvalue weighted by Gasteiger charge is 2.19. The van der Waals surface area contributed by atoms with Crippen LogP contribution in [0.3, 0.4) is 0 Å². The second-order valence-corrected chi connectivity index (χ2v) is 19.7. The Morgan fingerprint density at radius 3 is 0.867 bits per heavy atom. The molecule has 6 nitrogen and oxygen atoms in total. The van der Waals surface area contributed by atoms with Gasteiger partial charge in [-0.15, -0.1) is 0 Å². The van der Waals surface area contributed by atoms with Crippen LogP contribution in [0.15, 0.2) is 0 Å². The van der Waals surface area contributed by atoms with Gasteiger partial charge in [0, 0.05) is 19.3 Å². The molecule has 0 aromatic heterocycles. The molecule has 0 radical (unpaired) electrons.